The van der Waals surface area contributed by atoms with Crippen molar-refractivity contribution in [1.82, 2.24) is 29.9 Å². The Labute approximate surface area is 309 Å². The Balaban J connectivity index is 1.30. The lowest BCUT2D eigenvalue weighted by Gasteiger charge is -2.14. The van der Waals surface area contributed by atoms with Crippen LogP contribution in [-0.4, -0.2) is 29.9 Å². The maximum Gasteiger partial charge on any atom is 0.166 e. The normalized spacial score (nSPS) is 11.4. The van der Waals surface area contributed by atoms with E-state index in [9.17, 15) is 0 Å². The third-order valence-electron chi connectivity index (χ3n) is 9.41. The van der Waals surface area contributed by atoms with Crippen molar-refractivity contribution in [2.75, 3.05) is 0 Å². The highest BCUT2D eigenvalue weighted by Gasteiger charge is 2.24. The molecule has 0 unspecified atom stereocenters. The lowest BCUT2D eigenvalue weighted by atomic mass is 10.0. The van der Waals surface area contributed by atoms with Crippen LogP contribution < -0.4 is 0 Å². The van der Waals surface area contributed by atoms with Crippen LogP contribution in [0.4, 0.5) is 0 Å². The number of nitrogens with zero attached hydrogens (tertiary/aromatic N) is 6. The minimum atomic E-state index is 0.541. The summed E-state index contributed by atoms with van der Waals surface area (Å²) in [6.07, 6.45) is 0. The van der Waals surface area contributed by atoms with E-state index in [-0.39, 0.29) is 0 Å². The van der Waals surface area contributed by atoms with E-state index < -0.39 is 0 Å². The van der Waals surface area contributed by atoms with Crippen LogP contribution in [0.1, 0.15) is 0 Å². The van der Waals surface area contributed by atoms with Gasteiger partial charge >= 0.3 is 0 Å². The molecule has 10 rings (SSSR count). The number of hydrogen-bond acceptors (Lipinski definition) is 7. The van der Waals surface area contributed by atoms with Crippen molar-refractivity contribution in [1.29, 1.82) is 0 Å². The van der Waals surface area contributed by atoms with Gasteiger partial charge in [0, 0.05) is 53.6 Å². The van der Waals surface area contributed by atoms with Crippen LogP contribution in [0.25, 0.3) is 99.3 Å². The van der Waals surface area contributed by atoms with Gasteiger partial charge in [0.2, 0.25) is 0 Å². The molecule has 0 bridgehead atoms. The fraction of sp³-hybridized carbons (Fsp3) is 0. The molecule has 0 saturated heterocycles. The summed E-state index contributed by atoms with van der Waals surface area (Å²) in [6.45, 7) is 0. The Bertz CT molecular complexity index is 2880. The fourth-order valence-corrected chi connectivity index (χ4v) is 8.12. The van der Waals surface area contributed by atoms with E-state index in [0.29, 0.717) is 34.9 Å². The first-order valence-electron chi connectivity index (χ1n) is 17.4. The molecule has 53 heavy (non-hydrogen) atoms. The number of benzene rings is 7. The van der Waals surface area contributed by atoms with Crippen LogP contribution in [0.2, 0.25) is 0 Å². The van der Waals surface area contributed by atoms with Crippen LogP contribution in [-0.2, 0) is 0 Å². The topological polar surface area (TPSA) is 77.3 Å². The van der Waals surface area contributed by atoms with Gasteiger partial charge in [-0.25, -0.2) is 29.9 Å². The van der Waals surface area contributed by atoms with Gasteiger partial charge in [-0.3, -0.25) is 0 Å². The van der Waals surface area contributed by atoms with Crippen molar-refractivity contribution in [3.63, 3.8) is 0 Å². The average molecular weight is 697 g/mol. The molecular weight excluding hydrogens is 669 g/mol. The van der Waals surface area contributed by atoms with Gasteiger partial charge in [0.25, 0.3) is 0 Å². The molecule has 0 radical (unpaired) electrons. The van der Waals surface area contributed by atoms with E-state index in [0.717, 1.165) is 54.2 Å². The maximum atomic E-state index is 5.27. The lowest BCUT2D eigenvalue weighted by molar-refractivity contribution is 1.06. The number of hydrogen-bond donors (Lipinski definition) is 0. The third-order valence-corrected chi connectivity index (χ3v) is 10.6. The van der Waals surface area contributed by atoms with Gasteiger partial charge in [0.1, 0.15) is 0 Å². The van der Waals surface area contributed by atoms with E-state index in [2.05, 4.69) is 78.9 Å². The fourth-order valence-electron chi connectivity index (χ4n) is 6.87. The molecule has 0 N–H and O–H groups in total. The summed E-state index contributed by atoms with van der Waals surface area (Å²) in [5, 5.41) is 4.49. The predicted octanol–water partition coefficient (Wildman–Crippen LogP) is 11.6. The van der Waals surface area contributed by atoms with Crippen LogP contribution in [0.3, 0.4) is 0 Å². The second-order valence-electron chi connectivity index (χ2n) is 12.7. The second kappa shape index (κ2) is 13.0. The highest BCUT2D eigenvalue weighted by Crippen LogP contribution is 2.44. The van der Waals surface area contributed by atoms with Crippen LogP contribution in [0.5, 0.6) is 0 Å². The zero-order valence-corrected chi connectivity index (χ0v) is 29.1. The second-order valence-corrected chi connectivity index (χ2v) is 13.8. The molecule has 0 fully saturated rings. The number of thiophene rings is 1. The van der Waals surface area contributed by atoms with Crippen LogP contribution in [0, 0.1) is 0 Å². The van der Waals surface area contributed by atoms with Gasteiger partial charge in [0.05, 0.1) is 0 Å². The highest BCUT2D eigenvalue weighted by molar-refractivity contribution is 7.26. The molecule has 0 aliphatic heterocycles. The SMILES string of the molecule is c1ccc(-c2nc(-c3ccc4c(sc5ccccc54)c3-c3nc(-c4ccccc4)nc(-c4ccccc4)n3)nc(-c3cccc4ccccc34)n2)cc1. The minimum absolute atomic E-state index is 0.541. The Morgan fingerprint density at radius 1 is 0.302 bits per heavy atom. The molecule has 248 valence electrons. The molecule has 0 atom stereocenters. The highest BCUT2D eigenvalue weighted by atomic mass is 32.1. The molecule has 3 aromatic heterocycles. The number of rotatable bonds is 6. The Morgan fingerprint density at radius 2 is 0.774 bits per heavy atom. The standard InChI is InChI=1S/C46H28N6S/c1-4-16-30(17-5-1)41-47-42(31-18-6-2-7-19-31)51-46(50-41)39-37(28-27-35-34-24-12-13-26-38(34)53-40(35)39)45-49-43(32-20-8-3-9-21-32)48-44(52-45)36-25-14-22-29-15-10-11-23-33(29)36/h1-28H. The Morgan fingerprint density at radius 3 is 1.42 bits per heavy atom. The van der Waals surface area contributed by atoms with Crippen molar-refractivity contribution in [2.24, 2.45) is 0 Å². The summed E-state index contributed by atoms with van der Waals surface area (Å²) < 4.78 is 2.24. The van der Waals surface area contributed by atoms with Crippen molar-refractivity contribution in [2.45, 2.75) is 0 Å². The maximum absolute atomic E-state index is 5.27. The zero-order chi connectivity index (χ0) is 35.1. The van der Waals surface area contributed by atoms with Crippen LogP contribution >= 0.6 is 11.3 Å². The molecule has 0 aliphatic carbocycles. The molecule has 0 spiro atoms. The summed E-state index contributed by atoms with van der Waals surface area (Å²) in [7, 11) is 0. The summed E-state index contributed by atoms with van der Waals surface area (Å²) in [6, 6.07) is 57.6. The van der Waals surface area contributed by atoms with Crippen molar-refractivity contribution in [3.8, 4) is 68.3 Å². The summed E-state index contributed by atoms with van der Waals surface area (Å²) in [4.78, 5) is 31.0. The smallest absolute Gasteiger partial charge is 0.166 e. The quantitative estimate of drug-likeness (QED) is 0.172. The predicted molar refractivity (Wildman–Crippen MR) is 216 cm³/mol. The van der Waals surface area contributed by atoms with Gasteiger partial charge in [-0.05, 0) is 22.9 Å². The van der Waals surface area contributed by atoms with E-state index in [1.807, 2.05) is 91.0 Å². The van der Waals surface area contributed by atoms with Gasteiger partial charge in [-0.15, -0.1) is 11.3 Å². The Hall–Kier alpha value is -6.96. The lowest BCUT2D eigenvalue weighted by Crippen LogP contribution is -2.04. The van der Waals surface area contributed by atoms with E-state index in [1.54, 1.807) is 11.3 Å². The van der Waals surface area contributed by atoms with E-state index in [1.165, 1.54) is 10.1 Å². The van der Waals surface area contributed by atoms with Gasteiger partial charge < -0.3 is 0 Å². The molecule has 3 heterocycles. The van der Waals surface area contributed by atoms with Crippen molar-refractivity contribution in [3.05, 3.63) is 170 Å². The zero-order valence-electron chi connectivity index (χ0n) is 28.3. The number of fused-ring (bicyclic) bond motifs is 4. The minimum Gasteiger partial charge on any atom is -0.208 e. The monoisotopic (exact) mass is 696 g/mol. The molecule has 7 heteroatoms. The average Bonchev–Trinajstić information content (AvgIpc) is 3.62. The van der Waals surface area contributed by atoms with Gasteiger partial charge in [-0.1, -0.05) is 158 Å². The van der Waals surface area contributed by atoms with E-state index in [4.69, 9.17) is 29.9 Å². The first-order valence-corrected chi connectivity index (χ1v) is 18.2. The summed E-state index contributed by atoms with van der Waals surface area (Å²) in [5.41, 5.74) is 5.32. The molecule has 0 amide bonds. The first-order chi connectivity index (χ1) is 26.3. The van der Waals surface area contributed by atoms with Crippen molar-refractivity contribution >= 4 is 42.3 Å². The van der Waals surface area contributed by atoms with E-state index >= 15 is 0 Å². The third kappa shape index (κ3) is 5.60. The summed E-state index contributed by atoms with van der Waals surface area (Å²) in [5.74, 6) is 3.47. The van der Waals surface area contributed by atoms with Gasteiger partial charge in [0.15, 0.2) is 34.9 Å². The molecule has 0 saturated carbocycles. The summed E-state index contributed by atoms with van der Waals surface area (Å²) >= 11 is 1.73. The molecule has 6 nitrogen and oxygen atoms in total. The number of aromatic nitrogens is 6. The largest absolute Gasteiger partial charge is 0.208 e. The molecular formula is C46H28N6S. The Kier molecular flexibility index (Phi) is 7.55. The molecule has 7 aromatic carbocycles. The van der Waals surface area contributed by atoms with Crippen molar-refractivity contribution < 1.29 is 0 Å². The molecule has 0 aliphatic rings. The molecule has 10 aromatic rings. The van der Waals surface area contributed by atoms with Crippen LogP contribution in [0.15, 0.2) is 170 Å². The van der Waals surface area contributed by atoms with Gasteiger partial charge in [-0.2, -0.15) is 0 Å². The first kappa shape index (κ1) is 30.8.